The van der Waals surface area contributed by atoms with Crippen molar-refractivity contribution in [2.24, 2.45) is 0 Å². The number of aromatic amines is 2. The van der Waals surface area contributed by atoms with Crippen molar-refractivity contribution in [3.8, 4) is 0 Å². The topological polar surface area (TPSA) is 61.5 Å². The van der Waals surface area contributed by atoms with Crippen LogP contribution in [-0.4, -0.2) is 15.2 Å². The summed E-state index contributed by atoms with van der Waals surface area (Å²) in [5, 5.41) is 8.02. The molecular weight excluding hydrogens is 190 g/mol. The van der Waals surface area contributed by atoms with Crippen LogP contribution in [0.25, 0.3) is 16.6 Å². The minimum atomic E-state index is -0.115. The van der Waals surface area contributed by atoms with Crippen LogP contribution in [-0.2, 0) is 0 Å². The SMILES string of the molecule is Cc1cc(=O)[nH]c2n[nH]c(C3=CC=C3)c12. The lowest BCUT2D eigenvalue weighted by Crippen LogP contribution is -2.04. The van der Waals surface area contributed by atoms with Gasteiger partial charge in [-0.25, -0.2) is 0 Å². The number of nitrogens with one attached hydrogen (secondary N) is 2. The molecule has 2 N–H and O–H groups in total. The first-order valence-corrected chi connectivity index (χ1v) is 4.72. The molecule has 2 heterocycles. The van der Waals surface area contributed by atoms with Crippen LogP contribution < -0.4 is 5.56 Å². The summed E-state index contributed by atoms with van der Waals surface area (Å²) in [7, 11) is 0. The van der Waals surface area contributed by atoms with Crippen LogP contribution in [0.15, 0.2) is 29.1 Å². The van der Waals surface area contributed by atoms with Crippen molar-refractivity contribution in [1.82, 2.24) is 15.2 Å². The highest BCUT2D eigenvalue weighted by atomic mass is 16.1. The lowest BCUT2D eigenvalue weighted by atomic mass is 10.0. The van der Waals surface area contributed by atoms with Crippen LogP contribution in [0.5, 0.6) is 0 Å². The summed E-state index contributed by atoms with van der Waals surface area (Å²) in [6, 6.07) is 1.59. The average Bonchev–Trinajstić information content (AvgIpc) is 2.45. The number of hydrogen-bond acceptors (Lipinski definition) is 2. The number of aromatic nitrogens is 3. The molecule has 0 fully saturated rings. The smallest absolute Gasteiger partial charge is 0.249 e. The highest BCUT2D eigenvalue weighted by molar-refractivity contribution is 5.95. The Bertz CT molecular complexity index is 658. The zero-order valence-corrected chi connectivity index (χ0v) is 8.16. The van der Waals surface area contributed by atoms with Gasteiger partial charge in [0.2, 0.25) is 5.56 Å². The molecule has 0 atom stereocenters. The summed E-state index contributed by atoms with van der Waals surface area (Å²) in [6.45, 7) is 1.92. The Balaban J connectivity index is 2.38. The van der Waals surface area contributed by atoms with Crippen molar-refractivity contribution in [1.29, 1.82) is 0 Å². The maximum absolute atomic E-state index is 11.2. The summed E-state index contributed by atoms with van der Waals surface area (Å²) in [6.07, 6.45) is 6.00. The lowest BCUT2D eigenvalue weighted by molar-refractivity contribution is 1.08. The van der Waals surface area contributed by atoms with E-state index in [1.54, 1.807) is 6.07 Å². The third kappa shape index (κ3) is 1.08. The molecule has 0 saturated heterocycles. The van der Waals surface area contributed by atoms with E-state index in [-0.39, 0.29) is 5.56 Å². The summed E-state index contributed by atoms with van der Waals surface area (Å²) in [5.74, 6) is 0. The first-order chi connectivity index (χ1) is 7.25. The number of rotatable bonds is 1. The van der Waals surface area contributed by atoms with E-state index in [1.807, 2.05) is 25.2 Å². The molecular formula is C11H9N3O. The molecule has 0 aliphatic heterocycles. The van der Waals surface area contributed by atoms with Crippen molar-refractivity contribution < 1.29 is 0 Å². The summed E-state index contributed by atoms with van der Waals surface area (Å²) >= 11 is 0. The van der Waals surface area contributed by atoms with E-state index >= 15 is 0 Å². The van der Waals surface area contributed by atoms with E-state index in [2.05, 4.69) is 15.2 Å². The Morgan fingerprint density at radius 3 is 2.87 bits per heavy atom. The molecule has 0 saturated carbocycles. The number of aryl methyl sites for hydroxylation is 1. The van der Waals surface area contributed by atoms with Gasteiger partial charge in [0.15, 0.2) is 5.65 Å². The predicted molar refractivity (Wildman–Crippen MR) is 58.6 cm³/mol. The average molecular weight is 199 g/mol. The number of pyridine rings is 1. The van der Waals surface area contributed by atoms with Gasteiger partial charge in [-0.05, 0) is 12.5 Å². The molecule has 4 nitrogen and oxygen atoms in total. The zero-order valence-electron chi connectivity index (χ0n) is 8.16. The van der Waals surface area contributed by atoms with Gasteiger partial charge >= 0.3 is 0 Å². The highest BCUT2D eigenvalue weighted by Crippen LogP contribution is 2.27. The molecule has 1 aliphatic rings. The molecule has 0 amide bonds. The van der Waals surface area contributed by atoms with Gasteiger partial charge in [-0.3, -0.25) is 9.89 Å². The largest absolute Gasteiger partial charge is 0.305 e. The van der Waals surface area contributed by atoms with Crippen LogP contribution >= 0.6 is 0 Å². The van der Waals surface area contributed by atoms with Crippen molar-refractivity contribution in [3.05, 3.63) is 45.9 Å². The second kappa shape index (κ2) is 2.70. The molecule has 74 valence electrons. The van der Waals surface area contributed by atoms with Crippen LogP contribution in [0, 0.1) is 6.92 Å². The van der Waals surface area contributed by atoms with E-state index in [1.165, 1.54) is 0 Å². The van der Waals surface area contributed by atoms with E-state index < -0.39 is 0 Å². The van der Waals surface area contributed by atoms with Gasteiger partial charge in [-0.15, -0.1) is 0 Å². The fourth-order valence-corrected chi connectivity index (χ4v) is 1.81. The Morgan fingerprint density at radius 1 is 1.40 bits per heavy atom. The van der Waals surface area contributed by atoms with Gasteiger partial charge in [0.05, 0.1) is 5.69 Å². The first-order valence-electron chi connectivity index (χ1n) is 4.72. The van der Waals surface area contributed by atoms with Gasteiger partial charge in [0.1, 0.15) is 0 Å². The number of hydrogen-bond donors (Lipinski definition) is 2. The number of nitrogens with zero attached hydrogens (tertiary/aromatic N) is 1. The molecule has 0 unspecified atom stereocenters. The molecule has 0 bridgehead atoms. The van der Waals surface area contributed by atoms with Gasteiger partial charge in [0, 0.05) is 17.0 Å². The lowest BCUT2D eigenvalue weighted by Gasteiger charge is -2.05. The second-order valence-corrected chi connectivity index (χ2v) is 3.62. The minimum Gasteiger partial charge on any atom is -0.305 e. The highest BCUT2D eigenvalue weighted by Gasteiger charge is 2.13. The van der Waals surface area contributed by atoms with E-state index in [9.17, 15) is 4.79 Å². The van der Waals surface area contributed by atoms with Crippen LogP contribution in [0.3, 0.4) is 0 Å². The van der Waals surface area contributed by atoms with E-state index in [4.69, 9.17) is 0 Å². The van der Waals surface area contributed by atoms with E-state index in [0.717, 1.165) is 22.2 Å². The third-order valence-corrected chi connectivity index (χ3v) is 2.59. The quantitative estimate of drug-likeness (QED) is 0.731. The van der Waals surface area contributed by atoms with Crippen LogP contribution in [0.4, 0.5) is 0 Å². The zero-order chi connectivity index (χ0) is 10.4. The Labute approximate surface area is 85.3 Å². The fourth-order valence-electron chi connectivity index (χ4n) is 1.81. The predicted octanol–water partition coefficient (Wildman–Crippen LogP) is 1.51. The van der Waals surface area contributed by atoms with Crippen LogP contribution in [0.2, 0.25) is 0 Å². The Hall–Kier alpha value is -2.10. The third-order valence-electron chi connectivity index (χ3n) is 2.59. The second-order valence-electron chi connectivity index (χ2n) is 3.62. The molecule has 3 rings (SSSR count). The Kier molecular flexibility index (Phi) is 1.48. The van der Waals surface area contributed by atoms with Gasteiger partial charge in [-0.2, -0.15) is 5.10 Å². The fraction of sp³-hybridized carbons (Fsp3) is 0.0909. The molecule has 0 spiro atoms. The van der Waals surface area contributed by atoms with Crippen LogP contribution in [0.1, 0.15) is 11.3 Å². The summed E-state index contributed by atoms with van der Waals surface area (Å²) in [4.78, 5) is 13.9. The molecule has 0 radical (unpaired) electrons. The first kappa shape index (κ1) is 8.23. The van der Waals surface area contributed by atoms with Gasteiger partial charge in [-0.1, -0.05) is 18.2 Å². The van der Waals surface area contributed by atoms with Crippen molar-refractivity contribution in [3.63, 3.8) is 0 Å². The normalized spacial score (nSPS) is 14.1. The van der Waals surface area contributed by atoms with Crippen molar-refractivity contribution in [2.75, 3.05) is 0 Å². The number of H-pyrrole nitrogens is 2. The van der Waals surface area contributed by atoms with E-state index in [0.29, 0.717) is 5.65 Å². The maximum atomic E-state index is 11.2. The standard InChI is InChI=1S/C11H9N3O/c1-6-5-8(15)12-11-9(6)10(13-14-11)7-3-2-4-7/h2-5H,1H3,(H2,12,13,14,15). The van der Waals surface area contributed by atoms with Gasteiger partial charge in [0.25, 0.3) is 0 Å². The van der Waals surface area contributed by atoms with Gasteiger partial charge < -0.3 is 4.98 Å². The molecule has 1 aliphatic carbocycles. The van der Waals surface area contributed by atoms with Crippen molar-refractivity contribution in [2.45, 2.75) is 6.92 Å². The monoisotopic (exact) mass is 199 g/mol. The maximum Gasteiger partial charge on any atom is 0.249 e. The number of fused-ring (bicyclic) bond motifs is 1. The molecule has 4 heteroatoms. The molecule has 2 aromatic heterocycles. The summed E-state index contributed by atoms with van der Waals surface area (Å²) < 4.78 is 0. The number of allylic oxidation sites excluding steroid dienone is 4. The Morgan fingerprint density at radius 2 is 2.20 bits per heavy atom. The summed E-state index contributed by atoms with van der Waals surface area (Å²) in [5.41, 5.74) is 3.54. The molecule has 2 aromatic rings. The minimum absolute atomic E-state index is 0.115. The molecule has 0 aromatic carbocycles. The van der Waals surface area contributed by atoms with Crippen molar-refractivity contribution >= 4 is 16.6 Å². The molecule has 15 heavy (non-hydrogen) atoms.